The van der Waals surface area contributed by atoms with Crippen LogP contribution < -0.4 is 34.1 Å². The summed E-state index contributed by atoms with van der Waals surface area (Å²) in [6.45, 7) is 2.02. The number of thiazole rings is 2. The zero-order valence-electron chi connectivity index (χ0n) is 37.3. The molecule has 0 radical (unpaired) electrons. The highest BCUT2D eigenvalue weighted by Crippen LogP contribution is 2.42. The van der Waals surface area contributed by atoms with Crippen LogP contribution in [0.3, 0.4) is 0 Å². The first-order chi connectivity index (χ1) is 34.7. The lowest BCUT2D eigenvalue weighted by Gasteiger charge is -2.17. The molecule has 2 aliphatic rings. The molecule has 4 aromatic heterocycles. The van der Waals surface area contributed by atoms with E-state index in [9.17, 15) is 23.5 Å². The van der Waals surface area contributed by atoms with E-state index >= 15 is 0 Å². The molecule has 0 spiro atoms. The molecule has 0 saturated carbocycles. The van der Waals surface area contributed by atoms with Gasteiger partial charge in [-0.1, -0.05) is 72.8 Å². The highest BCUT2D eigenvalue weighted by Gasteiger charge is 2.45. The summed E-state index contributed by atoms with van der Waals surface area (Å²) in [6.07, 6.45) is 0.0646. The van der Waals surface area contributed by atoms with Crippen molar-refractivity contribution < 1.29 is 36.3 Å². The Bertz CT molecular complexity index is 3930. The van der Waals surface area contributed by atoms with Crippen molar-refractivity contribution in [2.75, 3.05) is 12.4 Å². The zero-order valence-corrected chi connectivity index (χ0v) is 39.8. The van der Waals surface area contributed by atoms with Gasteiger partial charge in [0.25, 0.3) is 10.1 Å². The maximum atomic E-state index is 11.8. The molecule has 71 heavy (non-hydrogen) atoms. The van der Waals surface area contributed by atoms with Crippen LogP contribution in [0.4, 0.5) is 0 Å². The average Bonchev–Trinajstić information content (AvgIpc) is 4.25. The minimum absolute atomic E-state index is 0.0216. The third-order valence-electron chi connectivity index (χ3n) is 12.2. The maximum absolute atomic E-state index is 11.8. The smallest absolute Gasteiger partial charge is 0.503 e. The van der Waals surface area contributed by atoms with Crippen molar-refractivity contribution in [2.45, 2.75) is 13.3 Å². The van der Waals surface area contributed by atoms with Crippen molar-refractivity contribution in [2.24, 2.45) is 0 Å². The van der Waals surface area contributed by atoms with Crippen molar-refractivity contribution in [3.63, 3.8) is 0 Å². The van der Waals surface area contributed by atoms with Crippen molar-refractivity contribution >= 4 is 89.7 Å². The quantitative estimate of drug-likeness (QED) is 0.0738. The van der Waals surface area contributed by atoms with Gasteiger partial charge < -0.3 is 32.3 Å². The number of ether oxygens (including phenoxy) is 1. The van der Waals surface area contributed by atoms with Gasteiger partial charge in [0.2, 0.25) is 0 Å². The number of nitriles is 2. The summed E-state index contributed by atoms with van der Waals surface area (Å²) in [7, 11) is -6.56. The summed E-state index contributed by atoms with van der Waals surface area (Å²) in [5.41, 5.74) is 5.13. The number of aromatic nitrogens is 4. The predicted molar refractivity (Wildman–Crippen MR) is 275 cm³/mol. The van der Waals surface area contributed by atoms with Crippen LogP contribution in [0.5, 0.6) is 28.7 Å². The fourth-order valence-corrected chi connectivity index (χ4v) is 11.6. The van der Waals surface area contributed by atoms with Gasteiger partial charge in [-0.25, -0.2) is 9.97 Å². The van der Waals surface area contributed by atoms with Gasteiger partial charge in [-0.15, -0.1) is 22.7 Å². The Morgan fingerprint density at radius 3 is 1.56 bits per heavy atom. The third-order valence-corrected chi connectivity index (χ3v) is 15.2. The van der Waals surface area contributed by atoms with Gasteiger partial charge >= 0.3 is 14.5 Å². The summed E-state index contributed by atoms with van der Waals surface area (Å²) in [5.74, 6) is 1.93. The molecular formula is C52H34B2N6O8S3. The number of para-hydroxylation sites is 6. The molecule has 0 fully saturated rings. The Morgan fingerprint density at radius 2 is 1.08 bits per heavy atom. The van der Waals surface area contributed by atoms with Crippen molar-refractivity contribution in [1.82, 2.24) is 18.9 Å². The van der Waals surface area contributed by atoms with Crippen LogP contribution in [0.1, 0.15) is 22.0 Å². The fraction of sp³-hybridized carbons (Fsp3) is 0.0769. The summed E-state index contributed by atoms with van der Waals surface area (Å²) in [5, 5.41) is 26.2. The number of benzene rings is 6. The summed E-state index contributed by atoms with van der Waals surface area (Å²) in [6, 6.07) is 50.3. The second kappa shape index (κ2) is 17.6. The van der Waals surface area contributed by atoms with E-state index < -0.39 is 30.4 Å². The third kappa shape index (κ3) is 7.72. The number of aryl methyl sites for hydroxylation is 1. The van der Waals surface area contributed by atoms with E-state index in [2.05, 4.69) is 12.1 Å². The predicted octanol–water partition coefficient (Wildman–Crippen LogP) is 9.02. The molecule has 12 rings (SSSR count). The van der Waals surface area contributed by atoms with Gasteiger partial charge in [0.1, 0.15) is 62.0 Å². The van der Waals surface area contributed by atoms with E-state index in [0.717, 1.165) is 20.5 Å². The second-order valence-electron chi connectivity index (χ2n) is 16.6. The molecule has 6 aromatic carbocycles. The van der Waals surface area contributed by atoms with E-state index in [1.165, 1.54) is 22.7 Å². The monoisotopic (exact) mass is 988 g/mol. The molecule has 0 atom stereocenters. The fourth-order valence-electron chi connectivity index (χ4n) is 9.19. The maximum Gasteiger partial charge on any atom is 0.743 e. The zero-order chi connectivity index (χ0) is 48.4. The van der Waals surface area contributed by atoms with Gasteiger partial charge in [0.05, 0.1) is 54.9 Å². The van der Waals surface area contributed by atoms with E-state index in [1.54, 1.807) is 12.1 Å². The molecule has 1 N–H and O–H groups in total. The Morgan fingerprint density at radius 1 is 0.634 bits per heavy atom. The first-order valence-electron chi connectivity index (χ1n) is 22.3. The standard InChI is InChI=1S/C52H34B2N6O8S3/c1-31-13-2-3-14-34(31)48-46-45(49(60(48)54-67-41-19-8-9-20-42(41)68-54)35(29-55)51-57-37-15-4-10-21-43(37)69-51)47(32-23-25-33(26-24-32)64-27-12-28-71(61,62)63)59(53-65-39-17-6-7-18-40(39)66-53)50(46)36(30-56)52-58-38-16-5-11-22-44(38)70-52/h2-11,13-26H,12,27-28H2,1H3,(H,61,62,63)/b49-35-,50-36-. The van der Waals surface area contributed by atoms with E-state index in [4.69, 9.17) is 33.3 Å². The van der Waals surface area contributed by atoms with E-state index in [1.807, 2.05) is 149 Å². The van der Waals surface area contributed by atoms with Crippen LogP contribution in [0.2, 0.25) is 0 Å². The van der Waals surface area contributed by atoms with Crippen LogP contribution in [0.25, 0.3) is 64.9 Å². The van der Waals surface area contributed by atoms with Crippen LogP contribution in [0.15, 0.2) is 146 Å². The molecule has 0 amide bonds. The molecule has 0 saturated heterocycles. The Labute approximate surface area is 414 Å². The molecule has 6 heterocycles. The largest absolute Gasteiger partial charge is 0.743 e. The summed E-state index contributed by atoms with van der Waals surface area (Å²) in [4.78, 5) is 10.1. The molecule has 344 valence electrons. The molecule has 19 heteroatoms. The van der Waals surface area contributed by atoms with Crippen LogP contribution in [-0.2, 0) is 10.1 Å². The van der Waals surface area contributed by atoms with Gasteiger partial charge in [0.15, 0.2) is 0 Å². The summed E-state index contributed by atoms with van der Waals surface area (Å²) < 4.78 is 70.9. The number of rotatable bonds is 11. The first kappa shape index (κ1) is 43.9. The molecule has 2 aliphatic heterocycles. The molecule has 10 aromatic rings. The lowest BCUT2D eigenvalue weighted by Crippen LogP contribution is -2.44. The minimum atomic E-state index is -4.18. The van der Waals surface area contributed by atoms with Gasteiger partial charge in [0, 0.05) is 16.3 Å². The Kier molecular flexibility index (Phi) is 10.9. The van der Waals surface area contributed by atoms with E-state index in [0.29, 0.717) is 88.2 Å². The lowest BCUT2D eigenvalue weighted by atomic mass is 9.99. The number of hydrogen-bond donors (Lipinski definition) is 1. The molecule has 0 bridgehead atoms. The number of nitrogens with zero attached hydrogens (tertiary/aromatic N) is 6. The second-order valence-corrected chi connectivity index (χ2v) is 20.3. The molecule has 14 nitrogen and oxygen atoms in total. The van der Waals surface area contributed by atoms with Gasteiger partial charge in [-0.2, -0.15) is 18.9 Å². The van der Waals surface area contributed by atoms with E-state index in [-0.39, 0.29) is 24.2 Å². The summed E-state index contributed by atoms with van der Waals surface area (Å²) >= 11 is 2.75. The van der Waals surface area contributed by atoms with Crippen LogP contribution >= 0.6 is 22.7 Å². The topological polar surface area (TPSA) is 184 Å². The first-order valence-corrected chi connectivity index (χ1v) is 25.6. The Balaban J connectivity index is 1.29. The minimum Gasteiger partial charge on any atom is -0.503 e. The highest BCUT2D eigenvalue weighted by molar-refractivity contribution is 7.85. The Hall–Kier alpha value is -8.32. The highest BCUT2D eigenvalue weighted by atomic mass is 32.2. The van der Waals surface area contributed by atoms with Gasteiger partial charge in [-0.3, -0.25) is 4.55 Å². The number of hydrogen-bond acceptors (Lipinski definition) is 13. The molecule has 0 unspecified atom stereocenters. The molecule has 0 aliphatic carbocycles. The SMILES string of the molecule is Cc1ccccc1-c1c2/c(=C(\C#N)c3nc4ccccc4s3)n(B3Oc4ccccc4O3)c(-c3ccc(OCCCS(=O)(=O)O)cc3)c2/c(=C(\C#N)c2nc3ccccc3s2)n1B1Oc2ccccc2O1. The van der Waals surface area contributed by atoms with Crippen molar-refractivity contribution in [3.05, 3.63) is 172 Å². The van der Waals surface area contributed by atoms with Crippen molar-refractivity contribution in [1.29, 1.82) is 10.5 Å². The van der Waals surface area contributed by atoms with Gasteiger partial charge in [-0.05, 0) is 97.3 Å². The van der Waals surface area contributed by atoms with Crippen LogP contribution in [0, 0.1) is 29.6 Å². The van der Waals surface area contributed by atoms with Crippen LogP contribution in [-0.4, -0.2) is 58.8 Å². The normalized spacial score (nSPS) is 13.7. The lowest BCUT2D eigenvalue weighted by molar-refractivity contribution is 0.316. The molecular weight excluding hydrogens is 954 g/mol. The van der Waals surface area contributed by atoms with Crippen molar-refractivity contribution in [3.8, 4) is 63.4 Å². The average molecular weight is 989 g/mol. The number of fused-ring (bicyclic) bond motifs is 5.